The van der Waals surface area contributed by atoms with Crippen molar-refractivity contribution in [2.24, 2.45) is 0 Å². The molecule has 0 spiro atoms. The number of thioether (sulfide) groups is 1. The lowest BCUT2D eigenvalue weighted by Gasteiger charge is -2.16. The van der Waals surface area contributed by atoms with Gasteiger partial charge in [0.25, 0.3) is 0 Å². The van der Waals surface area contributed by atoms with Crippen LogP contribution in [0.1, 0.15) is 13.3 Å². The quantitative estimate of drug-likeness (QED) is 0.806. The van der Waals surface area contributed by atoms with Crippen molar-refractivity contribution in [3.8, 4) is 5.88 Å². The lowest BCUT2D eigenvalue weighted by molar-refractivity contribution is 0.397. The maximum Gasteiger partial charge on any atom is 0.218 e. The van der Waals surface area contributed by atoms with Gasteiger partial charge in [-0.3, -0.25) is 0 Å². The second-order valence-electron chi connectivity index (χ2n) is 3.15. The number of aromatic nitrogens is 2. The van der Waals surface area contributed by atoms with Crippen LogP contribution in [0, 0.1) is 0 Å². The van der Waals surface area contributed by atoms with Crippen LogP contribution in [0.25, 0.3) is 0 Å². The van der Waals surface area contributed by atoms with Crippen molar-refractivity contribution in [3.05, 3.63) is 12.4 Å². The van der Waals surface area contributed by atoms with E-state index in [1.807, 2.05) is 17.8 Å². The highest BCUT2D eigenvalue weighted by Crippen LogP contribution is 2.13. The van der Waals surface area contributed by atoms with Crippen molar-refractivity contribution in [2.75, 3.05) is 24.4 Å². The zero-order chi connectivity index (χ0) is 11.1. The Balaban J connectivity index is 2.61. The van der Waals surface area contributed by atoms with Gasteiger partial charge in [-0.15, -0.1) is 0 Å². The predicted octanol–water partition coefficient (Wildman–Crippen LogP) is 2.04. The monoisotopic (exact) mass is 227 g/mol. The zero-order valence-electron chi connectivity index (χ0n) is 9.36. The van der Waals surface area contributed by atoms with Gasteiger partial charge in [0.05, 0.1) is 7.11 Å². The summed E-state index contributed by atoms with van der Waals surface area (Å²) in [6.45, 7) is 2.16. The highest BCUT2D eigenvalue weighted by molar-refractivity contribution is 7.98. The first-order valence-corrected chi connectivity index (χ1v) is 6.31. The molecular weight excluding hydrogens is 210 g/mol. The largest absolute Gasteiger partial charge is 0.481 e. The van der Waals surface area contributed by atoms with Crippen LogP contribution in [0.5, 0.6) is 5.88 Å². The normalized spacial score (nSPS) is 12.2. The van der Waals surface area contributed by atoms with E-state index in [1.165, 1.54) is 6.33 Å². The van der Waals surface area contributed by atoms with Crippen LogP contribution in [0.4, 0.5) is 5.82 Å². The molecule has 84 valence electrons. The van der Waals surface area contributed by atoms with E-state index in [0.717, 1.165) is 18.0 Å². The summed E-state index contributed by atoms with van der Waals surface area (Å²) in [4.78, 5) is 8.10. The fourth-order valence-electron chi connectivity index (χ4n) is 1.20. The van der Waals surface area contributed by atoms with Crippen molar-refractivity contribution in [2.45, 2.75) is 19.4 Å². The Morgan fingerprint density at radius 3 is 2.93 bits per heavy atom. The van der Waals surface area contributed by atoms with E-state index in [0.29, 0.717) is 11.9 Å². The zero-order valence-corrected chi connectivity index (χ0v) is 10.2. The second kappa shape index (κ2) is 6.50. The third-order valence-corrected chi connectivity index (χ3v) is 2.80. The smallest absolute Gasteiger partial charge is 0.218 e. The number of ether oxygens (including phenoxy) is 1. The summed E-state index contributed by atoms with van der Waals surface area (Å²) in [7, 11) is 1.60. The third kappa shape index (κ3) is 3.95. The molecule has 0 saturated heterocycles. The lowest BCUT2D eigenvalue weighted by atomic mass is 10.2. The highest BCUT2D eigenvalue weighted by atomic mass is 32.2. The summed E-state index contributed by atoms with van der Waals surface area (Å²) < 4.78 is 5.03. The molecule has 0 aliphatic carbocycles. The van der Waals surface area contributed by atoms with Crippen molar-refractivity contribution in [3.63, 3.8) is 0 Å². The van der Waals surface area contributed by atoms with Crippen LogP contribution >= 0.6 is 11.8 Å². The summed E-state index contributed by atoms with van der Waals surface area (Å²) in [5.74, 6) is 2.48. The molecule has 0 radical (unpaired) electrons. The van der Waals surface area contributed by atoms with E-state index in [-0.39, 0.29) is 0 Å². The van der Waals surface area contributed by atoms with E-state index < -0.39 is 0 Å². The topological polar surface area (TPSA) is 47.0 Å². The van der Waals surface area contributed by atoms with Gasteiger partial charge in [0, 0.05) is 17.9 Å². The molecule has 4 nitrogen and oxygen atoms in total. The molecule has 15 heavy (non-hydrogen) atoms. The summed E-state index contributed by atoms with van der Waals surface area (Å²) in [5, 5.41) is 3.35. The van der Waals surface area contributed by atoms with Crippen molar-refractivity contribution in [1.82, 2.24) is 9.97 Å². The molecule has 0 aliphatic heterocycles. The van der Waals surface area contributed by atoms with Crippen LogP contribution in [0.2, 0.25) is 0 Å². The maximum atomic E-state index is 5.03. The first-order valence-electron chi connectivity index (χ1n) is 4.91. The van der Waals surface area contributed by atoms with Gasteiger partial charge in [0.2, 0.25) is 5.88 Å². The molecule has 5 heteroatoms. The molecule has 0 saturated carbocycles. The number of rotatable bonds is 6. The molecule has 0 amide bonds. The van der Waals surface area contributed by atoms with Crippen LogP contribution < -0.4 is 10.1 Å². The van der Waals surface area contributed by atoms with Gasteiger partial charge in [-0.2, -0.15) is 11.8 Å². The Kier molecular flexibility index (Phi) is 5.25. The highest BCUT2D eigenvalue weighted by Gasteiger charge is 2.06. The molecule has 0 aromatic carbocycles. The van der Waals surface area contributed by atoms with E-state index in [1.54, 1.807) is 7.11 Å². The molecule has 1 aromatic heterocycles. The number of nitrogens with one attached hydrogen (secondary N) is 1. The fraction of sp³-hybridized carbons (Fsp3) is 0.600. The summed E-state index contributed by atoms with van der Waals surface area (Å²) in [5.41, 5.74) is 0. The van der Waals surface area contributed by atoms with Gasteiger partial charge in [-0.25, -0.2) is 9.97 Å². The van der Waals surface area contributed by atoms with Crippen molar-refractivity contribution < 1.29 is 4.74 Å². The summed E-state index contributed by atoms with van der Waals surface area (Å²) in [6.07, 6.45) is 4.69. The fourth-order valence-corrected chi connectivity index (χ4v) is 1.92. The molecule has 0 fully saturated rings. The molecule has 1 N–H and O–H groups in total. The third-order valence-electron chi connectivity index (χ3n) is 2.06. The number of hydrogen-bond acceptors (Lipinski definition) is 5. The average molecular weight is 227 g/mol. The van der Waals surface area contributed by atoms with Crippen LogP contribution in [-0.2, 0) is 0 Å². The van der Waals surface area contributed by atoms with Gasteiger partial charge in [0.1, 0.15) is 12.1 Å². The number of hydrogen-bond donors (Lipinski definition) is 1. The Hall–Kier alpha value is -0.970. The number of nitrogens with zero attached hydrogens (tertiary/aromatic N) is 2. The minimum atomic E-state index is 0.444. The Labute approximate surface area is 94.8 Å². The van der Waals surface area contributed by atoms with Gasteiger partial charge in [-0.05, 0) is 12.7 Å². The number of methoxy groups -OCH3 is 1. The van der Waals surface area contributed by atoms with E-state index in [4.69, 9.17) is 4.74 Å². The second-order valence-corrected chi connectivity index (χ2v) is 4.06. The van der Waals surface area contributed by atoms with E-state index >= 15 is 0 Å². The van der Waals surface area contributed by atoms with Gasteiger partial charge in [0.15, 0.2) is 0 Å². The molecule has 1 heterocycles. The Bertz CT molecular complexity index is 296. The standard InChI is InChI=1S/C10H17N3OS/c1-4-8(6-15-3)13-9-5-10(14-2)12-7-11-9/h5,7-8H,4,6H2,1-3H3,(H,11,12,13). The van der Waals surface area contributed by atoms with Crippen LogP contribution in [0.15, 0.2) is 12.4 Å². The molecule has 1 atom stereocenters. The molecule has 1 aromatic rings. The lowest BCUT2D eigenvalue weighted by Crippen LogP contribution is -2.21. The number of anilines is 1. The summed E-state index contributed by atoms with van der Waals surface area (Å²) >= 11 is 1.83. The minimum absolute atomic E-state index is 0.444. The summed E-state index contributed by atoms with van der Waals surface area (Å²) in [6, 6.07) is 2.25. The first kappa shape index (κ1) is 12.1. The van der Waals surface area contributed by atoms with Crippen molar-refractivity contribution >= 4 is 17.6 Å². The average Bonchev–Trinajstić information content (AvgIpc) is 2.29. The van der Waals surface area contributed by atoms with Crippen LogP contribution in [0.3, 0.4) is 0 Å². The van der Waals surface area contributed by atoms with Gasteiger partial charge >= 0.3 is 0 Å². The molecule has 1 unspecified atom stereocenters. The molecule has 1 rings (SSSR count). The SMILES string of the molecule is CCC(CSC)Nc1cc(OC)ncn1. The first-order chi connectivity index (χ1) is 7.30. The van der Waals surface area contributed by atoms with E-state index in [9.17, 15) is 0 Å². The molecule has 0 aliphatic rings. The van der Waals surface area contributed by atoms with Gasteiger partial charge in [-0.1, -0.05) is 6.92 Å². The Morgan fingerprint density at radius 2 is 2.33 bits per heavy atom. The maximum absolute atomic E-state index is 5.03. The minimum Gasteiger partial charge on any atom is -0.481 e. The van der Waals surface area contributed by atoms with E-state index in [2.05, 4.69) is 28.5 Å². The molecule has 0 bridgehead atoms. The predicted molar refractivity (Wildman–Crippen MR) is 64.7 cm³/mol. The van der Waals surface area contributed by atoms with Crippen molar-refractivity contribution in [1.29, 1.82) is 0 Å². The molecular formula is C10H17N3OS. The van der Waals surface area contributed by atoms with Gasteiger partial charge < -0.3 is 10.1 Å². The van der Waals surface area contributed by atoms with Crippen LogP contribution in [-0.4, -0.2) is 35.1 Å². The Morgan fingerprint density at radius 1 is 1.53 bits per heavy atom.